The summed E-state index contributed by atoms with van der Waals surface area (Å²) < 4.78 is 104. The molecule has 0 radical (unpaired) electrons. The Morgan fingerprint density at radius 3 is 2.12 bits per heavy atom. The van der Waals surface area contributed by atoms with Crippen molar-refractivity contribution in [2.45, 2.75) is 29.9 Å². The van der Waals surface area contributed by atoms with E-state index < -0.39 is 47.5 Å². The Kier molecular flexibility index (Phi) is 5.19. The molecule has 0 saturated heterocycles. The van der Waals surface area contributed by atoms with Crippen LogP contribution in [-0.2, 0) is 0 Å². The summed E-state index contributed by atoms with van der Waals surface area (Å²) in [6, 6.07) is 5.66. The van der Waals surface area contributed by atoms with Crippen molar-refractivity contribution >= 4 is 33.6 Å². The number of hydrogen-bond donors (Lipinski definition) is 0. The molecule has 24 heavy (non-hydrogen) atoms. The van der Waals surface area contributed by atoms with Gasteiger partial charge >= 0.3 is 11.8 Å². The lowest BCUT2D eigenvalue weighted by Gasteiger charge is -2.30. The molecule has 2 atom stereocenters. The Morgan fingerprint density at radius 1 is 1.00 bits per heavy atom. The van der Waals surface area contributed by atoms with E-state index in [0.717, 1.165) is 0 Å². The van der Waals surface area contributed by atoms with Crippen molar-refractivity contribution in [3.05, 3.63) is 34.6 Å². The molecule has 0 saturated carbocycles. The van der Waals surface area contributed by atoms with Gasteiger partial charge in [-0.1, -0.05) is 12.1 Å². The van der Waals surface area contributed by atoms with Crippen LogP contribution in [0.4, 0.5) is 35.1 Å². The van der Waals surface area contributed by atoms with Gasteiger partial charge in [-0.3, -0.25) is 4.79 Å². The zero-order valence-electron chi connectivity index (χ0n) is 11.2. The van der Waals surface area contributed by atoms with E-state index >= 15 is 0 Å². The van der Waals surface area contributed by atoms with E-state index in [4.69, 9.17) is 0 Å². The van der Waals surface area contributed by atoms with E-state index in [9.17, 15) is 39.9 Å². The Labute approximate surface area is 137 Å². The highest BCUT2D eigenvalue weighted by molar-refractivity contribution is 7.99. The fraction of sp³-hybridized carbons (Fsp3) is 0.417. The number of nitrogens with zero attached hydrogens (tertiary/aromatic N) is 1. The molecule has 1 aromatic carbocycles. The van der Waals surface area contributed by atoms with Gasteiger partial charge in [0, 0.05) is 11.9 Å². The third-order valence-electron chi connectivity index (χ3n) is 2.95. The van der Waals surface area contributed by atoms with Crippen LogP contribution < -0.4 is 5.56 Å². The molecular weight excluding hydrogens is 390 g/mol. The van der Waals surface area contributed by atoms with Gasteiger partial charge in [0.2, 0.25) is 11.7 Å². The monoisotopic (exact) mass is 397 g/mol. The summed E-state index contributed by atoms with van der Waals surface area (Å²) in [6.07, 6.45) is -8.97. The van der Waals surface area contributed by atoms with Crippen LogP contribution in [0.2, 0.25) is 0 Å². The Bertz CT molecular complexity index is 774. The minimum atomic E-state index is -5.95. The fourth-order valence-corrected chi connectivity index (χ4v) is 3.71. The van der Waals surface area contributed by atoms with Crippen molar-refractivity contribution in [2.75, 3.05) is 0 Å². The molecule has 0 spiro atoms. The molecule has 134 valence electrons. The minimum absolute atomic E-state index is 0.0354. The summed E-state index contributed by atoms with van der Waals surface area (Å²) in [7, 11) is 0. The van der Waals surface area contributed by atoms with Crippen LogP contribution in [0.5, 0.6) is 0 Å². The van der Waals surface area contributed by atoms with Crippen molar-refractivity contribution in [1.29, 1.82) is 0 Å². The number of benzene rings is 1. The van der Waals surface area contributed by atoms with E-state index in [-0.39, 0.29) is 10.1 Å². The minimum Gasteiger partial charge on any atom is -0.267 e. The van der Waals surface area contributed by atoms with Crippen LogP contribution in [0.25, 0.3) is 10.1 Å². The topological polar surface area (TPSA) is 22.0 Å². The molecule has 1 aromatic heterocycles. The van der Waals surface area contributed by atoms with E-state index in [2.05, 4.69) is 0 Å². The summed E-state index contributed by atoms with van der Waals surface area (Å²) in [6.45, 7) is 0. The first-order valence-electron chi connectivity index (χ1n) is 6.10. The highest BCUT2D eigenvalue weighted by Gasteiger charge is 2.69. The molecule has 12 heteroatoms. The van der Waals surface area contributed by atoms with E-state index in [1.807, 2.05) is 0 Å². The second kappa shape index (κ2) is 6.54. The highest BCUT2D eigenvalue weighted by atomic mass is 32.2. The van der Waals surface area contributed by atoms with E-state index in [0.29, 0.717) is 14.9 Å². The molecule has 0 N–H and O–H groups in total. The number of halogens is 8. The third-order valence-corrected chi connectivity index (χ3v) is 5.15. The number of aromatic nitrogens is 1. The van der Waals surface area contributed by atoms with Crippen molar-refractivity contribution in [3.63, 3.8) is 0 Å². The van der Waals surface area contributed by atoms with Gasteiger partial charge in [0.15, 0.2) is 0 Å². The number of alkyl halides is 8. The van der Waals surface area contributed by atoms with Gasteiger partial charge in [-0.25, -0.2) is 17.6 Å². The predicted molar refractivity (Wildman–Crippen MR) is 74.8 cm³/mol. The fourth-order valence-electron chi connectivity index (χ4n) is 1.67. The van der Waals surface area contributed by atoms with Crippen LogP contribution in [0, 0.1) is 0 Å². The molecule has 0 bridgehead atoms. The largest absolute Gasteiger partial charge is 0.354 e. The molecular formula is C12H7F8NOS2. The Balaban J connectivity index is 2.31. The normalized spacial score (nSPS) is 15.9. The third kappa shape index (κ3) is 3.13. The lowest BCUT2D eigenvalue weighted by Crippen LogP contribution is -2.55. The lowest BCUT2D eigenvalue weighted by atomic mass is 10.1. The molecule has 0 aliphatic carbocycles. The second-order valence-corrected chi connectivity index (χ2v) is 6.76. The molecule has 2 rings (SSSR count). The van der Waals surface area contributed by atoms with E-state index in [1.165, 1.54) is 24.3 Å². The van der Waals surface area contributed by atoms with Gasteiger partial charge in [0.25, 0.3) is 12.0 Å². The molecule has 1 heterocycles. The zero-order valence-corrected chi connectivity index (χ0v) is 12.9. The van der Waals surface area contributed by atoms with Gasteiger partial charge in [0.1, 0.15) is 0 Å². The molecule has 2 aromatic rings. The molecule has 0 aliphatic rings. The predicted octanol–water partition coefficient (Wildman–Crippen LogP) is 4.73. The standard InChI is InChI=1S/C12H7F8NOS2/c13-7(8(14)15)11(17,18)12(19,20)10(16)24-21-9(22)5-3-1-2-4-6(5)23-21/h1-4,7-8,10H. The van der Waals surface area contributed by atoms with Gasteiger partial charge in [-0.05, 0) is 23.7 Å². The number of fused-ring (bicyclic) bond motifs is 1. The Morgan fingerprint density at radius 2 is 1.58 bits per heavy atom. The van der Waals surface area contributed by atoms with Gasteiger partial charge < -0.3 is 0 Å². The molecule has 0 aliphatic heterocycles. The average molecular weight is 397 g/mol. The SMILES string of the molecule is O=c1c2ccccc2sn1SC(F)C(F)(F)C(F)(F)C(F)C(F)F. The average Bonchev–Trinajstić information content (AvgIpc) is 2.82. The lowest BCUT2D eigenvalue weighted by molar-refractivity contribution is -0.266. The van der Waals surface area contributed by atoms with Gasteiger partial charge in [-0.2, -0.15) is 20.9 Å². The van der Waals surface area contributed by atoms with Crippen molar-refractivity contribution in [2.24, 2.45) is 0 Å². The van der Waals surface area contributed by atoms with E-state index in [1.54, 1.807) is 0 Å². The highest BCUT2D eigenvalue weighted by Crippen LogP contribution is 2.47. The Hall–Kier alpha value is -1.30. The maximum Gasteiger partial charge on any atom is 0.354 e. The first-order valence-corrected chi connectivity index (χ1v) is 7.71. The van der Waals surface area contributed by atoms with Crippen LogP contribution in [0.3, 0.4) is 0 Å². The van der Waals surface area contributed by atoms with Crippen LogP contribution in [0.15, 0.2) is 29.1 Å². The van der Waals surface area contributed by atoms with Gasteiger partial charge in [-0.15, -0.1) is 0 Å². The maximum atomic E-state index is 13.7. The van der Waals surface area contributed by atoms with Crippen LogP contribution in [-0.4, -0.2) is 33.3 Å². The quantitative estimate of drug-likeness (QED) is 0.658. The van der Waals surface area contributed by atoms with Crippen LogP contribution >= 0.6 is 23.5 Å². The second-order valence-electron chi connectivity index (χ2n) is 4.55. The maximum absolute atomic E-state index is 13.7. The van der Waals surface area contributed by atoms with Crippen molar-refractivity contribution in [1.82, 2.24) is 3.36 Å². The summed E-state index contributed by atoms with van der Waals surface area (Å²) in [4.78, 5) is 11.8. The van der Waals surface area contributed by atoms with Crippen LogP contribution in [0.1, 0.15) is 0 Å². The zero-order chi connectivity index (χ0) is 18.3. The molecule has 2 unspecified atom stereocenters. The smallest absolute Gasteiger partial charge is 0.267 e. The summed E-state index contributed by atoms with van der Waals surface area (Å²) >= 11 is -0.126. The van der Waals surface area contributed by atoms with Gasteiger partial charge in [0.05, 0.1) is 10.1 Å². The van der Waals surface area contributed by atoms with Crippen molar-refractivity contribution < 1.29 is 35.1 Å². The summed E-state index contributed by atoms with van der Waals surface area (Å²) in [5, 5.41) is 0.0354. The first-order chi connectivity index (χ1) is 11.0. The van der Waals surface area contributed by atoms with Crippen molar-refractivity contribution in [3.8, 4) is 0 Å². The first kappa shape index (κ1) is 19.0. The molecule has 0 amide bonds. The molecule has 2 nitrogen and oxygen atoms in total. The summed E-state index contributed by atoms with van der Waals surface area (Å²) in [5.41, 5.74) is -4.76. The number of hydrogen-bond acceptors (Lipinski definition) is 3. The summed E-state index contributed by atoms with van der Waals surface area (Å²) in [5.74, 6) is -11.7. The molecule has 0 fully saturated rings. The number of rotatable bonds is 6.